The van der Waals surface area contributed by atoms with E-state index < -0.39 is 9.84 Å². The van der Waals surface area contributed by atoms with Gasteiger partial charge in [0.15, 0.2) is 9.84 Å². The Morgan fingerprint density at radius 3 is 2.45 bits per heavy atom. The Kier molecular flexibility index (Phi) is 7.48. The molecule has 1 heterocycles. The van der Waals surface area contributed by atoms with Crippen LogP contribution in [0.4, 0.5) is 0 Å². The summed E-state index contributed by atoms with van der Waals surface area (Å²) in [6.07, 6.45) is 3.21. The van der Waals surface area contributed by atoms with E-state index in [1.165, 1.54) is 17.9 Å². The molecule has 0 aliphatic carbocycles. The number of carbonyl (C=O) groups is 1. The van der Waals surface area contributed by atoms with E-state index in [4.69, 9.17) is 5.73 Å². The highest BCUT2D eigenvalue weighted by Gasteiger charge is 2.12. The normalized spacial score (nSPS) is 11.9. The third-order valence-corrected chi connectivity index (χ3v) is 6.42. The molecule has 0 radical (unpaired) electrons. The van der Waals surface area contributed by atoms with Crippen LogP contribution in [0.5, 0.6) is 0 Å². The maximum absolute atomic E-state index is 12.4. The third kappa shape index (κ3) is 6.40. The van der Waals surface area contributed by atoms with Crippen molar-refractivity contribution in [3.63, 3.8) is 0 Å². The largest absolute Gasteiger partial charge is 0.351 e. The fourth-order valence-corrected chi connectivity index (χ4v) is 4.08. The van der Waals surface area contributed by atoms with Crippen molar-refractivity contribution in [3.8, 4) is 0 Å². The van der Waals surface area contributed by atoms with Crippen molar-refractivity contribution in [3.05, 3.63) is 65.4 Å². The predicted octanol–water partition coefficient (Wildman–Crippen LogP) is 2.32. The monoisotopic (exact) mass is 442 g/mol. The Morgan fingerprint density at radius 2 is 1.77 bits per heavy atom. The molecule has 0 spiro atoms. The predicted molar refractivity (Wildman–Crippen MR) is 124 cm³/mol. The highest BCUT2D eigenvalue weighted by Crippen LogP contribution is 2.20. The molecule has 3 rings (SSSR count). The maximum Gasteiger partial charge on any atom is 0.267 e. The third-order valence-electron chi connectivity index (χ3n) is 5.31. The summed E-state index contributed by atoms with van der Waals surface area (Å²) in [6.45, 7) is 2.78. The number of sulfone groups is 1. The minimum Gasteiger partial charge on any atom is -0.351 e. The summed E-state index contributed by atoms with van der Waals surface area (Å²) in [4.78, 5) is 17.9. The van der Waals surface area contributed by atoms with E-state index in [0.29, 0.717) is 24.2 Å². The fraction of sp³-hybridized carbons (Fsp3) is 0.348. The number of H-pyrrole nitrogens is 1. The molecule has 3 aromatic rings. The van der Waals surface area contributed by atoms with Gasteiger partial charge in [-0.05, 0) is 61.8 Å². The summed E-state index contributed by atoms with van der Waals surface area (Å²) in [5.74, 6) is -0.203. The lowest BCUT2D eigenvalue weighted by molar-refractivity contribution is 0.0945. The molecule has 0 bridgehead atoms. The number of aromatic amines is 1. The van der Waals surface area contributed by atoms with Crippen LogP contribution in [0.25, 0.3) is 10.9 Å². The molecule has 0 saturated heterocycles. The number of aromatic nitrogens is 1. The van der Waals surface area contributed by atoms with Crippen LogP contribution in [0.1, 0.15) is 28.0 Å². The van der Waals surface area contributed by atoms with Crippen molar-refractivity contribution in [2.24, 2.45) is 5.73 Å². The average Bonchev–Trinajstić information content (AvgIpc) is 3.17. The SMILES string of the molecule is CN(CCCc1ccc(CN)cc1)CCNC(=O)c1cc2cc(S(C)(=O)=O)ccc2[nH]1. The number of fused-ring (bicyclic) bond motifs is 1. The first kappa shape index (κ1) is 23.0. The quantitative estimate of drug-likeness (QED) is 0.447. The smallest absolute Gasteiger partial charge is 0.267 e. The number of rotatable bonds is 10. The lowest BCUT2D eigenvalue weighted by Crippen LogP contribution is -2.33. The molecule has 4 N–H and O–H groups in total. The zero-order chi connectivity index (χ0) is 22.4. The molecule has 0 saturated carbocycles. The number of carbonyl (C=O) groups excluding carboxylic acids is 1. The summed E-state index contributed by atoms with van der Waals surface area (Å²) in [7, 11) is -1.24. The van der Waals surface area contributed by atoms with E-state index in [-0.39, 0.29) is 10.8 Å². The van der Waals surface area contributed by atoms with Crippen LogP contribution < -0.4 is 11.1 Å². The van der Waals surface area contributed by atoms with Gasteiger partial charge in [0.2, 0.25) is 0 Å². The molecule has 0 atom stereocenters. The maximum atomic E-state index is 12.4. The van der Waals surface area contributed by atoms with Gasteiger partial charge in [-0.15, -0.1) is 0 Å². The van der Waals surface area contributed by atoms with Crippen LogP contribution in [0.15, 0.2) is 53.4 Å². The van der Waals surface area contributed by atoms with Gasteiger partial charge in [0.1, 0.15) is 5.69 Å². The van der Waals surface area contributed by atoms with Gasteiger partial charge in [-0.2, -0.15) is 0 Å². The lowest BCUT2D eigenvalue weighted by atomic mass is 10.1. The minimum absolute atomic E-state index is 0.203. The standard InChI is InChI=1S/C23H30N4O3S/c1-27(12-3-4-17-5-7-18(16-24)8-6-17)13-11-25-23(28)22-15-19-14-20(31(2,29)30)9-10-21(19)26-22/h5-10,14-15,26H,3-4,11-13,16,24H2,1-2H3,(H,25,28). The first-order valence-electron chi connectivity index (χ1n) is 10.3. The second-order valence-electron chi connectivity index (χ2n) is 7.89. The van der Waals surface area contributed by atoms with E-state index in [1.54, 1.807) is 18.2 Å². The number of nitrogens with two attached hydrogens (primary N) is 1. The Balaban J connectivity index is 1.43. The van der Waals surface area contributed by atoms with E-state index in [9.17, 15) is 13.2 Å². The van der Waals surface area contributed by atoms with E-state index >= 15 is 0 Å². The molecular formula is C23H30N4O3S. The first-order chi connectivity index (χ1) is 14.8. The van der Waals surface area contributed by atoms with Crippen molar-refractivity contribution in [1.29, 1.82) is 0 Å². The summed E-state index contributed by atoms with van der Waals surface area (Å²) in [5.41, 5.74) is 9.22. The summed E-state index contributed by atoms with van der Waals surface area (Å²) >= 11 is 0. The summed E-state index contributed by atoms with van der Waals surface area (Å²) in [6, 6.07) is 14.9. The van der Waals surface area contributed by atoms with E-state index in [1.807, 2.05) is 7.05 Å². The van der Waals surface area contributed by atoms with Crippen LogP contribution >= 0.6 is 0 Å². The number of hydrogen-bond acceptors (Lipinski definition) is 5. The Hall–Kier alpha value is -2.68. The second kappa shape index (κ2) is 10.1. The number of nitrogens with one attached hydrogen (secondary N) is 2. The van der Waals surface area contributed by atoms with Crippen LogP contribution in [-0.2, 0) is 22.8 Å². The molecule has 31 heavy (non-hydrogen) atoms. The van der Waals surface area contributed by atoms with E-state index in [0.717, 1.165) is 37.0 Å². The van der Waals surface area contributed by atoms with Gasteiger partial charge in [0.25, 0.3) is 5.91 Å². The Bertz CT molecular complexity index is 1140. The Morgan fingerprint density at radius 1 is 1.06 bits per heavy atom. The molecule has 1 amide bonds. The number of aryl methyl sites for hydroxylation is 1. The van der Waals surface area contributed by atoms with Crippen molar-refractivity contribution >= 4 is 26.6 Å². The van der Waals surface area contributed by atoms with Gasteiger partial charge in [-0.25, -0.2) is 8.42 Å². The zero-order valence-electron chi connectivity index (χ0n) is 18.0. The second-order valence-corrected chi connectivity index (χ2v) is 9.90. The van der Waals surface area contributed by atoms with Crippen LogP contribution in [0.3, 0.4) is 0 Å². The minimum atomic E-state index is -3.28. The molecule has 0 fully saturated rings. The van der Waals surface area contributed by atoms with Crippen molar-refractivity contribution in [2.75, 3.05) is 32.9 Å². The molecule has 2 aromatic carbocycles. The number of amides is 1. The van der Waals surface area contributed by atoms with Crippen molar-refractivity contribution in [1.82, 2.24) is 15.2 Å². The molecule has 0 unspecified atom stereocenters. The van der Waals surface area contributed by atoms with Crippen molar-refractivity contribution in [2.45, 2.75) is 24.3 Å². The molecule has 166 valence electrons. The van der Waals surface area contributed by atoms with Gasteiger partial charge >= 0.3 is 0 Å². The van der Waals surface area contributed by atoms with E-state index in [2.05, 4.69) is 39.5 Å². The lowest BCUT2D eigenvalue weighted by Gasteiger charge is -2.16. The fourth-order valence-electron chi connectivity index (χ4n) is 3.43. The highest BCUT2D eigenvalue weighted by atomic mass is 32.2. The molecule has 0 aliphatic heterocycles. The van der Waals surface area contributed by atoms with Gasteiger partial charge in [0.05, 0.1) is 4.90 Å². The first-order valence-corrected chi connectivity index (χ1v) is 12.2. The van der Waals surface area contributed by atoms with Gasteiger partial charge in [-0.3, -0.25) is 4.79 Å². The zero-order valence-corrected chi connectivity index (χ0v) is 18.8. The molecule has 8 heteroatoms. The number of nitrogens with zero attached hydrogens (tertiary/aromatic N) is 1. The van der Waals surface area contributed by atoms with Crippen molar-refractivity contribution < 1.29 is 13.2 Å². The van der Waals surface area contributed by atoms with Crippen LogP contribution in [0, 0.1) is 0 Å². The number of benzene rings is 2. The highest BCUT2D eigenvalue weighted by molar-refractivity contribution is 7.90. The topological polar surface area (TPSA) is 108 Å². The molecule has 0 aliphatic rings. The van der Waals surface area contributed by atoms with Gasteiger partial charge < -0.3 is 20.9 Å². The number of hydrogen-bond donors (Lipinski definition) is 3. The summed E-state index contributed by atoms with van der Waals surface area (Å²) < 4.78 is 23.4. The molecular weight excluding hydrogens is 412 g/mol. The number of likely N-dealkylation sites (N-methyl/N-ethyl adjacent to an activating group) is 1. The van der Waals surface area contributed by atoms with Gasteiger partial charge in [-0.1, -0.05) is 24.3 Å². The Labute approximate surface area is 183 Å². The molecule has 7 nitrogen and oxygen atoms in total. The average molecular weight is 443 g/mol. The van der Waals surface area contributed by atoms with Gasteiger partial charge in [0, 0.05) is 36.8 Å². The van der Waals surface area contributed by atoms with Crippen LogP contribution in [0.2, 0.25) is 0 Å². The molecule has 1 aromatic heterocycles. The summed E-state index contributed by atoms with van der Waals surface area (Å²) in [5, 5.41) is 3.61. The van der Waals surface area contributed by atoms with Crippen LogP contribution in [-0.4, -0.2) is 57.1 Å².